The van der Waals surface area contributed by atoms with E-state index < -0.39 is 11.7 Å². The van der Waals surface area contributed by atoms with Gasteiger partial charge in [-0.15, -0.1) is 0 Å². The van der Waals surface area contributed by atoms with Crippen molar-refractivity contribution in [1.29, 1.82) is 0 Å². The molecule has 5 rings (SSSR count). The van der Waals surface area contributed by atoms with Gasteiger partial charge < -0.3 is 19.6 Å². The molecule has 0 bridgehead atoms. The molecule has 38 heavy (non-hydrogen) atoms. The van der Waals surface area contributed by atoms with Gasteiger partial charge in [-0.2, -0.15) is 0 Å². The van der Waals surface area contributed by atoms with E-state index in [1.54, 1.807) is 25.3 Å². The molecule has 0 unspecified atom stereocenters. The Morgan fingerprint density at radius 3 is 2.45 bits per heavy atom. The number of amides is 1. The molecule has 5 aromatic rings. The van der Waals surface area contributed by atoms with Gasteiger partial charge in [0, 0.05) is 29.9 Å². The molecule has 1 amide bonds. The monoisotopic (exact) mass is 509 g/mol. The lowest BCUT2D eigenvalue weighted by Crippen LogP contribution is -2.24. The van der Waals surface area contributed by atoms with Crippen LogP contribution in [0.2, 0.25) is 0 Å². The largest absolute Gasteiger partial charge is 0.380 e. The maximum Gasteiger partial charge on any atom is 0.268 e. The number of ether oxygens (including phenoxy) is 1. The molecule has 0 atom stereocenters. The van der Waals surface area contributed by atoms with Crippen LogP contribution in [0.3, 0.4) is 0 Å². The van der Waals surface area contributed by atoms with E-state index in [1.807, 2.05) is 54.6 Å². The molecule has 2 N–H and O–H groups in total. The highest BCUT2D eigenvalue weighted by Gasteiger charge is 2.24. The summed E-state index contributed by atoms with van der Waals surface area (Å²) in [5.74, 6) is -0.251. The first-order chi connectivity index (χ1) is 18.6. The van der Waals surface area contributed by atoms with Crippen molar-refractivity contribution in [3.63, 3.8) is 0 Å². The van der Waals surface area contributed by atoms with Gasteiger partial charge in [-0.05, 0) is 34.9 Å². The summed E-state index contributed by atoms with van der Waals surface area (Å²) < 4.78 is 24.3. The highest BCUT2D eigenvalue weighted by Crippen LogP contribution is 2.37. The van der Waals surface area contributed by atoms with Crippen molar-refractivity contribution in [1.82, 2.24) is 15.5 Å². The lowest BCUT2D eigenvalue weighted by atomic mass is 9.94. The van der Waals surface area contributed by atoms with E-state index in [-0.39, 0.29) is 17.9 Å². The lowest BCUT2D eigenvalue weighted by Gasteiger charge is -2.09. The Bertz CT molecular complexity index is 1570. The molecule has 0 fully saturated rings. The molecule has 0 saturated heterocycles. The third kappa shape index (κ3) is 5.16. The van der Waals surface area contributed by atoms with Crippen LogP contribution in [0.15, 0.2) is 89.5 Å². The Kier molecular flexibility index (Phi) is 7.24. The second-order valence-electron chi connectivity index (χ2n) is 8.65. The molecule has 0 aliphatic carbocycles. The maximum absolute atomic E-state index is 13.6. The third-order valence-corrected chi connectivity index (χ3v) is 6.08. The van der Waals surface area contributed by atoms with Crippen molar-refractivity contribution < 1.29 is 23.2 Å². The molecule has 0 radical (unpaired) electrons. The number of halogens is 1. The summed E-state index contributed by atoms with van der Waals surface area (Å²) in [4.78, 5) is 28.4. The molecule has 0 spiro atoms. The van der Waals surface area contributed by atoms with Crippen LogP contribution >= 0.6 is 0 Å². The SMILES string of the molecule is COCc1cccc(-c2cc(CNC(=O)c3[nH]c(C=O)c(-c4ccc(F)cc4)c3-c3ccccc3)no2)c1. The maximum atomic E-state index is 13.6. The zero-order valence-electron chi connectivity index (χ0n) is 20.5. The number of hydrogen-bond donors (Lipinski definition) is 2. The number of hydrogen-bond acceptors (Lipinski definition) is 5. The highest BCUT2D eigenvalue weighted by molar-refractivity contribution is 6.07. The quantitative estimate of drug-likeness (QED) is 0.237. The predicted molar refractivity (Wildman–Crippen MR) is 141 cm³/mol. The number of benzene rings is 3. The third-order valence-electron chi connectivity index (χ3n) is 6.08. The van der Waals surface area contributed by atoms with E-state index in [0.29, 0.717) is 41.0 Å². The minimum absolute atomic E-state index is 0.107. The average Bonchev–Trinajstić information content (AvgIpc) is 3.58. The number of nitrogens with one attached hydrogen (secondary N) is 2. The van der Waals surface area contributed by atoms with Crippen molar-refractivity contribution in [3.8, 4) is 33.6 Å². The van der Waals surface area contributed by atoms with Crippen LogP contribution in [-0.2, 0) is 17.9 Å². The van der Waals surface area contributed by atoms with Gasteiger partial charge in [-0.3, -0.25) is 9.59 Å². The molecule has 8 heteroatoms. The molecule has 2 heterocycles. The zero-order valence-corrected chi connectivity index (χ0v) is 20.5. The summed E-state index contributed by atoms with van der Waals surface area (Å²) in [7, 11) is 1.63. The van der Waals surface area contributed by atoms with Crippen molar-refractivity contribution >= 4 is 12.2 Å². The fraction of sp³-hybridized carbons (Fsp3) is 0.100. The van der Waals surface area contributed by atoms with Crippen LogP contribution in [0.1, 0.15) is 32.2 Å². The van der Waals surface area contributed by atoms with E-state index in [2.05, 4.69) is 15.5 Å². The first-order valence-electron chi connectivity index (χ1n) is 11.9. The van der Waals surface area contributed by atoms with Crippen LogP contribution in [-0.4, -0.2) is 29.4 Å². The van der Waals surface area contributed by atoms with Crippen molar-refractivity contribution in [2.45, 2.75) is 13.2 Å². The summed E-state index contributed by atoms with van der Waals surface area (Å²) in [6, 6.07) is 24.5. The molecule has 2 aromatic heterocycles. The fourth-order valence-electron chi connectivity index (χ4n) is 4.36. The number of nitrogens with zero attached hydrogens (tertiary/aromatic N) is 1. The van der Waals surface area contributed by atoms with Crippen LogP contribution in [0, 0.1) is 5.82 Å². The summed E-state index contributed by atoms with van der Waals surface area (Å²) >= 11 is 0. The topological polar surface area (TPSA) is 97.2 Å². The van der Waals surface area contributed by atoms with Gasteiger partial charge in [0.2, 0.25) is 0 Å². The minimum atomic E-state index is -0.424. The molecule has 0 aliphatic rings. The summed E-state index contributed by atoms with van der Waals surface area (Å²) in [5, 5.41) is 6.94. The number of H-pyrrole nitrogens is 1. The van der Waals surface area contributed by atoms with Crippen molar-refractivity contribution in [2.75, 3.05) is 7.11 Å². The Labute approximate surface area is 218 Å². The number of aldehydes is 1. The number of rotatable bonds is 9. The molecule has 0 aliphatic heterocycles. The van der Waals surface area contributed by atoms with E-state index >= 15 is 0 Å². The molecule has 3 aromatic carbocycles. The van der Waals surface area contributed by atoms with Gasteiger partial charge >= 0.3 is 0 Å². The Morgan fingerprint density at radius 2 is 1.71 bits per heavy atom. The second-order valence-corrected chi connectivity index (χ2v) is 8.65. The standard InChI is InChI=1S/C30H24FN3O4/c1-37-18-19-6-5-9-22(14-19)26-15-24(34-38-26)16-32-30(36)29-28(20-7-3-2-4-8-20)27(25(17-35)33-29)21-10-12-23(31)13-11-21/h2-15,17,33H,16,18H2,1H3,(H,32,36). The van der Waals surface area contributed by atoms with Crippen molar-refractivity contribution in [2.24, 2.45) is 0 Å². The van der Waals surface area contributed by atoms with Crippen LogP contribution in [0.5, 0.6) is 0 Å². The van der Waals surface area contributed by atoms with E-state index in [9.17, 15) is 14.0 Å². The highest BCUT2D eigenvalue weighted by atomic mass is 19.1. The minimum Gasteiger partial charge on any atom is -0.380 e. The zero-order chi connectivity index (χ0) is 26.5. The van der Waals surface area contributed by atoms with Gasteiger partial charge in [0.05, 0.1) is 18.8 Å². The van der Waals surface area contributed by atoms with E-state index in [4.69, 9.17) is 9.26 Å². The number of aromatic amines is 1. The number of methoxy groups -OCH3 is 1. The van der Waals surface area contributed by atoms with Gasteiger partial charge in [0.15, 0.2) is 12.0 Å². The number of carbonyl (C=O) groups is 2. The first kappa shape index (κ1) is 24.9. The summed E-state index contributed by atoms with van der Waals surface area (Å²) in [6.07, 6.45) is 0.656. The van der Waals surface area contributed by atoms with Crippen LogP contribution < -0.4 is 5.32 Å². The Hall–Kier alpha value is -4.82. The predicted octanol–water partition coefficient (Wildman–Crippen LogP) is 6.03. The number of carbonyl (C=O) groups excluding carboxylic acids is 2. The van der Waals surface area contributed by atoms with Crippen LogP contribution in [0.25, 0.3) is 33.6 Å². The first-order valence-corrected chi connectivity index (χ1v) is 11.9. The average molecular weight is 510 g/mol. The van der Waals surface area contributed by atoms with Gasteiger partial charge in [0.25, 0.3) is 5.91 Å². The van der Waals surface area contributed by atoms with Crippen molar-refractivity contribution in [3.05, 3.63) is 113 Å². The van der Waals surface area contributed by atoms with E-state index in [0.717, 1.165) is 16.7 Å². The second kappa shape index (κ2) is 11.1. The molecule has 7 nitrogen and oxygen atoms in total. The van der Waals surface area contributed by atoms with E-state index in [1.165, 1.54) is 12.1 Å². The van der Waals surface area contributed by atoms with Crippen LogP contribution in [0.4, 0.5) is 4.39 Å². The Balaban J connectivity index is 1.44. The van der Waals surface area contributed by atoms with Gasteiger partial charge in [-0.25, -0.2) is 4.39 Å². The normalized spacial score (nSPS) is 10.9. The molecule has 190 valence electrons. The summed E-state index contributed by atoms with van der Waals surface area (Å²) in [6.45, 7) is 0.586. The molecular formula is C30H24FN3O4. The summed E-state index contributed by atoms with van der Waals surface area (Å²) in [5.41, 5.74) is 5.24. The molecule has 0 saturated carbocycles. The Morgan fingerprint density at radius 1 is 0.974 bits per heavy atom. The smallest absolute Gasteiger partial charge is 0.268 e. The molecular weight excluding hydrogens is 485 g/mol. The van der Waals surface area contributed by atoms with Gasteiger partial charge in [0.1, 0.15) is 17.2 Å². The fourth-order valence-corrected chi connectivity index (χ4v) is 4.36. The number of aromatic nitrogens is 2. The van der Waals surface area contributed by atoms with Gasteiger partial charge in [-0.1, -0.05) is 65.8 Å². The lowest BCUT2D eigenvalue weighted by molar-refractivity contribution is 0.0946.